The third kappa shape index (κ3) is 4.30. The summed E-state index contributed by atoms with van der Waals surface area (Å²) in [5.41, 5.74) is 7.96. The van der Waals surface area contributed by atoms with Gasteiger partial charge in [0.05, 0.1) is 17.6 Å². The van der Waals surface area contributed by atoms with Crippen molar-refractivity contribution in [2.45, 2.75) is 31.9 Å². The van der Waals surface area contributed by atoms with Crippen molar-refractivity contribution in [3.63, 3.8) is 0 Å². The van der Waals surface area contributed by atoms with E-state index in [9.17, 15) is 8.42 Å². The van der Waals surface area contributed by atoms with Gasteiger partial charge in [-0.15, -0.1) is 0 Å². The van der Waals surface area contributed by atoms with Crippen LogP contribution in [0, 0.1) is 6.92 Å². The zero-order valence-electron chi connectivity index (χ0n) is 11.2. The monoisotopic (exact) mass is 283 g/mol. The van der Waals surface area contributed by atoms with Crippen LogP contribution in [0.5, 0.6) is 0 Å². The number of hydrogen-bond acceptors (Lipinski definition) is 4. The molecule has 2 rings (SSSR count). The molecule has 0 radical (unpaired) electrons. The number of sulfone groups is 1. The molecule has 0 aromatic heterocycles. The number of rotatable bonds is 5. The van der Waals surface area contributed by atoms with Gasteiger partial charge in [0.1, 0.15) is 0 Å². The van der Waals surface area contributed by atoms with Crippen LogP contribution in [-0.4, -0.2) is 32.6 Å². The summed E-state index contributed by atoms with van der Waals surface area (Å²) in [6.07, 6.45) is 1.64. The minimum absolute atomic E-state index is 0.0175. The van der Waals surface area contributed by atoms with Gasteiger partial charge in [-0.25, -0.2) is 8.42 Å². The highest BCUT2D eigenvalue weighted by Crippen LogP contribution is 2.18. The lowest BCUT2D eigenvalue weighted by Gasteiger charge is -2.15. The Morgan fingerprint density at radius 2 is 2.26 bits per heavy atom. The van der Waals surface area contributed by atoms with Crippen LogP contribution in [0.2, 0.25) is 0 Å². The second-order valence-corrected chi connectivity index (χ2v) is 7.39. The van der Waals surface area contributed by atoms with E-state index in [1.54, 1.807) is 0 Å². The van der Waals surface area contributed by atoms with Crippen molar-refractivity contribution in [2.75, 3.05) is 18.1 Å². The molecule has 106 valence electrons. The Morgan fingerprint density at radius 3 is 2.89 bits per heavy atom. The summed E-state index contributed by atoms with van der Waals surface area (Å²) >= 11 is 0. The van der Waals surface area contributed by atoms with Crippen LogP contribution in [0.3, 0.4) is 0 Å². The first-order chi connectivity index (χ1) is 8.96. The lowest BCUT2D eigenvalue weighted by Crippen LogP contribution is -2.28. The highest BCUT2D eigenvalue weighted by molar-refractivity contribution is 7.91. The number of aryl methyl sites for hydroxylation is 1. The minimum Gasteiger partial charge on any atom is -0.377 e. The molecule has 0 aliphatic carbocycles. The summed E-state index contributed by atoms with van der Waals surface area (Å²) in [7, 11) is -3.18. The summed E-state index contributed by atoms with van der Waals surface area (Å²) in [5, 5.41) is 0. The van der Waals surface area contributed by atoms with E-state index in [-0.39, 0.29) is 17.6 Å². The molecule has 5 heteroatoms. The zero-order chi connectivity index (χ0) is 13.9. The standard InChI is InChI=1S/C14H21NO3S/c1-11-4-2-5-12(8-11)14(15)10-19(16,17)9-13-6-3-7-18-13/h2,4-5,8,13-14H,3,6-7,9-10,15H2,1H3. The van der Waals surface area contributed by atoms with E-state index in [4.69, 9.17) is 10.5 Å². The van der Waals surface area contributed by atoms with Crippen LogP contribution in [0.4, 0.5) is 0 Å². The predicted molar refractivity (Wildman–Crippen MR) is 75.7 cm³/mol. The molecule has 1 heterocycles. The summed E-state index contributed by atoms with van der Waals surface area (Å²) in [6.45, 7) is 2.64. The number of benzene rings is 1. The van der Waals surface area contributed by atoms with Crippen molar-refractivity contribution in [1.82, 2.24) is 0 Å². The smallest absolute Gasteiger partial charge is 0.154 e. The molecular formula is C14H21NO3S. The van der Waals surface area contributed by atoms with Crippen LogP contribution in [0.15, 0.2) is 24.3 Å². The minimum atomic E-state index is -3.18. The van der Waals surface area contributed by atoms with E-state index in [1.807, 2.05) is 31.2 Å². The quantitative estimate of drug-likeness (QED) is 0.891. The Hall–Kier alpha value is -0.910. The summed E-state index contributed by atoms with van der Waals surface area (Å²) in [5.74, 6) is 0.0723. The number of hydrogen-bond donors (Lipinski definition) is 1. The van der Waals surface area contributed by atoms with Crippen LogP contribution in [0.1, 0.15) is 30.0 Å². The maximum atomic E-state index is 12.1. The molecule has 1 aliphatic rings. The topological polar surface area (TPSA) is 69.4 Å². The van der Waals surface area contributed by atoms with Gasteiger partial charge in [0.15, 0.2) is 9.84 Å². The molecule has 1 saturated heterocycles. The third-order valence-electron chi connectivity index (χ3n) is 3.37. The first kappa shape index (κ1) is 14.5. The van der Waals surface area contributed by atoms with Gasteiger partial charge in [-0.2, -0.15) is 0 Å². The van der Waals surface area contributed by atoms with Crippen LogP contribution in [0.25, 0.3) is 0 Å². The fourth-order valence-electron chi connectivity index (χ4n) is 2.40. The Balaban J connectivity index is 1.98. The van der Waals surface area contributed by atoms with E-state index >= 15 is 0 Å². The van der Waals surface area contributed by atoms with E-state index in [0.717, 1.165) is 24.0 Å². The fraction of sp³-hybridized carbons (Fsp3) is 0.571. The van der Waals surface area contributed by atoms with Crippen molar-refractivity contribution in [1.29, 1.82) is 0 Å². The highest BCUT2D eigenvalue weighted by atomic mass is 32.2. The lowest BCUT2D eigenvalue weighted by atomic mass is 10.1. The molecule has 1 aliphatic heterocycles. The average molecular weight is 283 g/mol. The molecule has 0 amide bonds. The largest absolute Gasteiger partial charge is 0.377 e. The molecular weight excluding hydrogens is 262 g/mol. The van der Waals surface area contributed by atoms with Gasteiger partial charge < -0.3 is 10.5 Å². The first-order valence-corrected chi connectivity index (χ1v) is 8.42. The average Bonchev–Trinajstić information content (AvgIpc) is 2.80. The van der Waals surface area contributed by atoms with Gasteiger partial charge in [-0.05, 0) is 25.3 Å². The van der Waals surface area contributed by atoms with Crippen LogP contribution < -0.4 is 5.73 Å². The van der Waals surface area contributed by atoms with Crippen LogP contribution >= 0.6 is 0 Å². The van der Waals surface area contributed by atoms with E-state index in [0.29, 0.717) is 6.61 Å². The van der Waals surface area contributed by atoms with E-state index in [2.05, 4.69) is 0 Å². The van der Waals surface area contributed by atoms with Crippen molar-refractivity contribution >= 4 is 9.84 Å². The molecule has 19 heavy (non-hydrogen) atoms. The number of nitrogens with two attached hydrogens (primary N) is 1. The summed E-state index contributed by atoms with van der Waals surface area (Å²) < 4.78 is 29.6. The van der Waals surface area contributed by atoms with E-state index < -0.39 is 15.9 Å². The molecule has 1 aromatic rings. The van der Waals surface area contributed by atoms with Crippen molar-refractivity contribution < 1.29 is 13.2 Å². The fourth-order valence-corrected chi connectivity index (χ4v) is 4.10. The third-order valence-corrected chi connectivity index (χ3v) is 5.11. The second-order valence-electron chi connectivity index (χ2n) is 5.23. The SMILES string of the molecule is Cc1cccc(C(N)CS(=O)(=O)CC2CCCO2)c1. The summed E-state index contributed by atoms with van der Waals surface area (Å²) in [6, 6.07) is 7.21. The molecule has 0 spiro atoms. The molecule has 2 unspecified atom stereocenters. The molecule has 4 nitrogen and oxygen atoms in total. The van der Waals surface area contributed by atoms with Gasteiger partial charge in [0.25, 0.3) is 0 Å². The second kappa shape index (κ2) is 6.03. The van der Waals surface area contributed by atoms with Crippen molar-refractivity contribution in [3.8, 4) is 0 Å². The highest BCUT2D eigenvalue weighted by Gasteiger charge is 2.25. The van der Waals surface area contributed by atoms with Crippen molar-refractivity contribution in [2.24, 2.45) is 5.73 Å². The lowest BCUT2D eigenvalue weighted by molar-refractivity contribution is 0.127. The van der Waals surface area contributed by atoms with Gasteiger partial charge in [-0.1, -0.05) is 29.8 Å². The molecule has 2 N–H and O–H groups in total. The van der Waals surface area contributed by atoms with Gasteiger partial charge in [0.2, 0.25) is 0 Å². The van der Waals surface area contributed by atoms with Gasteiger partial charge in [0, 0.05) is 12.6 Å². The Labute approximate surface area is 114 Å². The molecule has 1 fully saturated rings. The Kier molecular flexibility index (Phi) is 4.60. The Bertz CT molecular complexity index is 521. The molecule has 2 atom stereocenters. The first-order valence-electron chi connectivity index (χ1n) is 6.60. The summed E-state index contributed by atoms with van der Waals surface area (Å²) in [4.78, 5) is 0. The number of ether oxygens (including phenoxy) is 1. The van der Waals surface area contributed by atoms with Gasteiger partial charge in [-0.3, -0.25) is 0 Å². The van der Waals surface area contributed by atoms with E-state index in [1.165, 1.54) is 0 Å². The van der Waals surface area contributed by atoms with Crippen molar-refractivity contribution in [3.05, 3.63) is 35.4 Å². The zero-order valence-corrected chi connectivity index (χ0v) is 12.0. The Morgan fingerprint density at radius 1 is 1.47 bits per heavy atom. The van der Waals surface area contributed by atoms with Gasteiger partial charge >= 0.3 is 0 Å². The maximum Gasteiger partial charge on any atom is 0.154 e. The normalized spacial score (nSPS) is 21.5. The van der Waals surface area contributed by atoms with Crippen LogP contribution in [-0.2, 0) is 14.6 Å². The maximum absolute atomic E-state index is 12.1. The molecule has 1 aromatic carbocycles. The predicted octanol–water partition coefficient (Wildman–Crippen LogP) is 1.59. The molecule has 0 bridgehead atoms. The molecule has 0 saturated carbocycles.